The second-order valence-corrected chi connectivity index (χ2v) is 6.85. The summed E-state index contributed by atoms with van der Waals surface area (Å²) in [6.45, 7) is 5.08. The van der Waals surface area contributed by atoms with Crippen molar-refractivity contribution in [2.45, 2.75) is 26.8 Å². The smallest absolute Gasteiger partial charge is 0.225 e. The number of primary sulfonamides is 1. The van der Waals surface area contributed by atoms with E-state index < -0.39 is 10.0 Å². The van der Waals surface area contributed by atoms with Crippen molar-refractivity contribution in [1.29, 1.82) is 0 Å². The van der Waals surface area contributed by atoms with E-state index in [2.05, 4.69) is 10.3 Å². The van der Waals surface area contributed by atoms with Crippen molar-refractivity contribution in [3.05, 3.63) is 11.1 Å². The summed E-state index contributed by atoms with van der Waals surface area (Å²) in [4.78, 5) is 17.4. The minimum absolute atomic E-state index is 0.0315. The maximum Gasteiger partial charge on any atom is 0.225 e. The molecule has 1 aromatic rings. The van der Waals surface area contributed by atoms with Crippen LogP contribution in [0.25, 0.3) is 0 Å². The first-order valence-electron chi connectivity index (χ1n) is 6.27. The quantitative estimate of drug-likeness (QED) is 0.670. The number of amides is 1. The Bertz CT molecular complexity index is 542. The SMILES string of the molecule is CCN(C(C)=O)c1nc(CNCCCS(N)(=O)=O)cs1. The first-order valence-corrected chi connectivity index (χ1v) is 8.86. The maximum atomic E-state index is 11.4. The highest BCUT2D eigenvalue weighted by molar-refractivity contribution is 7.89. The van der Waals surface area contributed by atoms with E-state index in [0.717, 1.165) is 5.69 Å². The summed E-state index contributed by atoms with van der Waals surface area (Å²) in [7, 11) is -3.39. The van der Waals surface area contributed by atoms with E-state index in [4.69, 9.17) is 5.14 Å². The van der Waals surface area contributed by atoms with E-state index in [1.807, 2.05) is 12.3 Å². The molecule has 0 aliphatic rings. The molecule has 1 amide bonds. The summed E-state index contributed by atoms with van der Waals surface area (Å²) in [6, 6.07) is 0. The van der Waals surface area contributed by atoms with Crippen LogP contribution >= 0.6 is 11.3 Å². The Kier molecular flexibility index (Phi) is 6.53. The van der Waals surface area contributed by atoms with Gasteiger partial charge in [-0.05, 0) is 19.9 Å². The van der Waals surface area contributed by atoms with Crippen molar-refractivity contribution in [3.8, 4) is 0 Å². The van der Waals surface area contributed by atoms with Crippen molar-refractivity contribution in [3.63, 3.8) is 0 Å². The van der Waals surface area contributed by atoms with Gasteiger partial charge < -0.3 is 5.32 Å². The molecule has 114 valence electrons. The van der Waals surface area contributed by atoms with Gasteiger partial charge in [0.05, 0.1) is 11.4 Å². The van der Waals surface area contributed by atoms with Crippen LogP contribution in [0.3, 0.4) is 0 Å². The molecule has 1 rings (SSSR count). The van der Waals surface area contributed by atoms with Crippen LogP contribution in [-0.2, 0) is 21.4 Å². The molecule has 0 fully saturated rings. The predicted octanol–water partition coefficient (Wildman–Crippen LogP) is 0.284. The summed E-state index contributed by atoms with van der Waals surface area (Å²) in [5.41, 5.74) is 0.834. The number of aromatic nitrogens is 1. The molecule has 0 bridgehead atoms. The van der Waals surface area contributed by atoms with Crippen LogP contribution in [0.15, 0.2) is 5.38 Å². The molecule has 0 saturated heterocycles. The molecule has 1 heterocycles. The Hall–Kier alpha value is -1.03. The molecule has 9 heteroatoms. The van der Waals surface area contributed by atoms with Crippen molar-refractivity contribution < 1.29 is 13.2 Å². The molecule has 1 aromatic heterocycles. The summed E-state index contributed by atoms with van der Waals surface area (Å²) in [6.07, 6.45) is 0.463. The summed E-state index contributed by atoms with van der Waals surface area (Å²) < 4.78 is 21.5. The number of thiazole rings is 1. The Morgan fingerprint density at radius 3 is 2.80 bits per heavy atom. The molecule has 0 unspecified atom stereocenters. The van der Waals surface area contributed by atoms with E-state index in [1.165, 1.54) is 18.3 Å². The largest absolute Gasteiger partial charge is 0.311 e. The molecule has 0 saturated carbocycles. The lowest BCUT2D eigenvalue weighted by Crippen LogP contribution is -2.27. The van der Waals surface area contributed by atoms with E-state index in [9.17, 15) is 13.2 Å². The molecule has 7 nitrogen and oxygen atoms in total. The van der Waals surface area contributed by atoms with Gasteiger partial charge >= 0.3 is 0 Å². The highest BCUT2D eigenvalue weighted by atomic mass is 32.2. The lowest BCUT2D eigenvalue weighted by molar-refractivity contribution is -0.116. The van der Waals surface area contributed by atoms with Crippen molar-refractivity contribution in [2.75, 3.05) is 23.7 Å². The van der Waals surface area contributed by atoms with E-state index in [-0.39, 0.29) is 11.7 Å². The minimum Gasteiger partial charge on any atom is -0.311 e. The highest BCUT2D eigenvalue weighted by Crippen LogP contribution is 2.20. The molecule has 0 aromatic carbocycles. The van der Waals surface area contributed by atoms with Crippen molar-refractivity contribution in [2.24, 2.45) is 5.14 Å². The van der Waals surface area contributed by atoms with Gasteiger partial charge in [0, 0.05) is 25.4 Å². The van der Waals surface area contributed by atoms with Crippen LogP contribution in [0, 0.1) is 0 Å². The fourth-order valence-corrected chi connectivity index (χ4v) is 3.09. The van der Waals surface area contributed by atoms with Crippen molar-refractivity contribution >= 4 is 32.4 Å². The molecule has 0 atom stereocenters. The number of sulfonamides is 1. The van der Waals surface area contributed by atoms with Gasteiger partial charge in [-0.3, -0.25) is 9.69 Å². The second kappa shape index (κ2) is 7.67. The predicted molar refractivity (Wildman–Crippen MR) is 80.1 cm³/mol. The van der Waals surface area contributed by atoms with Gasteiger partial charge in [-0.25, -0.2) is 18.5 Å². The lowest BCUT2D eigenvalue weighted by atomic mass is 10.4. The molecule has 3 N–H and O–H groups in total. The van der Waals surface area contributed by atoms with Gasteiger partial charge in [-0.2, -0.15) is 0 Å². The van der Waals surface area contributed by atoms with Gasteiger partial charge in [-0.15, -0.1) is 11.3 Å². The van der Waals surface area contributed by atoms with Gasteiger partial charge in [-0.1, -0.05) is 0 Å². The molecule has 0 spiro atoms. The van der Waals surface area contributed by atoms with Gasteiger partial charge in [0.1, 0.15) is 0 Å². The van der Waals surface area contributed by atoms with Crippen molar-refractivity contribution in [1.82, 2.24) is 10.3 Å². The molecular weight excluding hydrogens is 300 g/mol. The number of carbonyl (C=O) groups excluding carboxylic acids is 1. The number of hydrogen-bond donors (Lipinski definition) is 2. The zero-order chi connectivity index (χ0) is 15.2. The average molecular weight is 320 g/mol. The molecule has 0 aliphatic heterocycles. The number of nitrogens with zero attached hydrogens (tertiary/aromatic N) is 2. The number of rotatable bonds is 8. The van der Waals surface area contributed by atoms with Gasteiger partial charge in [0.15, 0.2) is 5.13 Å². The van der Waals surface area contributed by atoms with Crippen LogP contribution in [0.4, 0.5) is 5.13 Å². The van der Waals surface area contributed by atoms with Gasteiger partial charge in [0.2, 0.25) is 15.9 Å². The average Bonchev–Trinajstić information content (AvgIpc) is 2.76. The second-order valence-electron chi connectivity index (χ2n) is 4.28. The summed E-state index contributed by atoms with van der Waals surface area (Å²) >= 11 is 1.42. The number of carbonyl (C=O) groups is 1. The fraction of sp³-hybridized carbons (Fsp3) is 0.636. The van der Waals surface area contributed by atoms with E-state index >= 15 is 0 Å². The Balaban J connectivity index is 2.39. The molecule has 20 heavy (non-hydrogen) atoms. The molecule has 0 radical (unpaired) electrons. The normalized spacial score (nSPS) is 11.6. The standard InChI is InChI=1S/C11H20N4O3S2/c1-3-15(9(2)16)11-14-10(8-19-11)7-13-5-4-6-20(12,17)18/h8,13H,3-7H2,1-2H3,(H2,12,17,18). The zero-order valence-electron chi connectivity index (χ0n) is 11.6. The van der Waals surface area contributed by atoms with E-state index in [1.54, 1.807) is 4.90 Å². The topological polar surface area (TPSA) is 105 Å². The summed E-state index contributed by atoms with van der Waals surface area (Å²) in [5, 5.41) is 10.6. The zero-order valence-corrected chi connectivity index (χ0v) is 13.3. The van der Waals surface area contributed by atoms with E-state index in [0.29, 0.717) is 31.2 Å². The Morgan fingerprint density at radius 1 is 1.55 bits per heavy atom. The maximum absolute atomic E-state index is 11.4. The number of nitrogens with one attached hydrogen (secondary N) is 1. The third kappa shape index (κ3) is 5.95. The first kappa shape index (κ1) is 17.0. The molecular formula is C11H20N4O3S2. The Labute approximate surface area is 123 Å². The third-order valence-electron chi connectivity index (χ3n) is 2.56. The number of hydrogen-bond acceptors (Lipinski definition) is 6. The lowest BCUT2D eigenvalue weighted by Gasteiger charge is -2.14. The van der Waals surface area contributed by atoms with Crippen LogP contribution in [0.2, 0.25) is 0 Å². The third-order valence-corrected chi connectivity index (χ3v) is 4.33. The minimum atomic E-state index is -3.39. The number of anilines is 1. The monoisotopic (exact) mass is 320 g/mol. The first-order chi connectivity index (χ1) is 9.33. The van der Waals surface area contributed by atoms with Gasteiger partial charge in [0.25, 0.3) is 0 Å². The van der Waals surface area contributed by atoms with Crippen LogP contribution in [0.1, 0.15) is 26.0 Å². The number of nitrogens with two attached hydrogens (primary N) is 1. The fourth-order valence-electron chi connectivity index (χ4n) is 1.61. The molecule has 0 aliphatic carbocycles. The van der Waals surface area contributed by atoms with Crippen LogP contribution in [-0.4, -0.2) is 38.2 Å². The highest BCUT2D eigenvalue weighted by Gasteiger charge is 2.13. The summed E-state index contributed by atoms with van der Waals surface area (Å²) in [5.74, 6) is -0.0643. The van der Waals surface area contributed by atoms with Crippen LogP contribution in [0.5, 0.6) is 0 Å². The Morgan fingerprint density at radius 2 is 2.25 bits per heavy atom. The van der Waals surface area contributed by atoms with Crippen LogP contribution < -0.4 is 15.4 Å².